The molecule has 1 aliphatic heterocycles. The SMILES string of the molecule is Brc1cc2c3c(cccc3c1)-c1ccccc1N2. The fourth-order valence-corrected chi connectivity index (χ4v) is 3.16. The zero-order valence-corrected chi connectivity index (χ0v) is 11.2. The first-order chi connectivity index (χ1) is 8.83. The zero-order valence-electron chi connectivity index (χ0n) is 9.57. The molecule has 3 aromatic rings. The van der Waals surface area contributed by atoms with E-state index in [1.165, 1.54) is 33.3 Å². The molecule has 0 spiro atoms. The van der Waals surface area contributed by atoms with Crippen molar-refractivity contribution in [2.75, 3.05) is 5.32 Å². The van der Waals surface area contributed by atoms with Crippen LogP contribution in [0.3, 0.4) is 0 Å². The minimum absolute atomic E-state index is 1.11. The Kier molecular flexibility index (Phi) is 2.03. The molecule has 18 heavy (non-hydrogen) atoms. The van der Waals surface area contributed by atoms with Crippen LogP contribution in [0, 0.1) is 0 Å². The lowest BCUT2D eigenvalue weighted by Gasteiger charge is -2.22. The Bertz CT molecular complexity index is 777. The summed E-state index contributed by atoms with van der Waals surface area (Å²) in [6, 6.07) is 19.2. The summed E-state index contributed by atoms with van der Waals surface area (Å²) in [7, 11) is 0. The van der Waals surface area contributed by atoms with Crippen molar-refractivity contribution < 1.29 is 0 Å². The molecule has 1 N–H and O–H groups in total. The molecular formula is C16H10BrN. The van der Waals surface area contributed by atoms with Crippen LogP contribution in [-0.4, -0.2) is 0 Å². The second-order valence-corrected chi connectivity index (χ2v) is 5.44. The second kappa shape index (κ2) is 3.59. The number of halogens is 1. The largest absolute Gasteiger partial charge is 0.354 e. The van der Waals surface area contributed by atoms with Crippen LogP contribution in [0.2, 0.25) is 0 Å². The molecule has 2 heteroatoms. The van der Waals surface area contributed by atoms with Crippen molar-refractivity contribution in [1.82, 2.24) is 0 Å². The van der Waals surface area contributed by atoms with Crippen molar-refractivity contribution >= 4 is 38.1 Å². The standard InChI is InChI=1S/C16H10BrN/c17-11-8-10-4-3-6-13-12-5-1-2-7-14(12)18-15(9-11)16(10)13/h1-9,18H. The minimum atomic E-state index is 1.11. The molecular weight excluding hydrogens is 286 g/mol. The minimum Gasteiger partial charge on any atom is -0.354 e. The van der Waals surface area contributed by atoms with Gasteiger partial charge in [-0.15, -0.1) is 0 Å². The maximum absolute atomic E-state index is 3.57. The Morgan fingerprint density at radius 1 is 0.778 bits per heavy atom. The van der Waals surface area contributed by atoms with Gasteiger partial charge in [-0.05, 0) is 29.1 Å². The molecule has 4 rings (SSSR count). The highest BCUT2D eigenvalue weighted by Gasteiger charge is 2.17. The summed E-state index contributed by atoms with van der Waals surface area (Å²) in [5.41, 5.74) is 4.94. The van der Waals surface area contributed by atoms with Gasteiger partial charge in [0.25, 0.3) is 0 Å². The highest BCUT2D eigenvalue weighted by atomic mass is 79.9. The third kappa shape index (κ3) is 1.33. The molecule has 0 amide bonds. The van der Waals surface area contributed by atoms with Gasteiger partial charge in [0.1, 0.15) is 0 Å². The fraction of sp³-hybridized carbons (Fsp3) is 0. The number of rotatable bonds is 0. The smallest absolute Gasteiger partial charge is 0.0481 e. The second-order valence-electron chi connectivity index (χ2n) is 4.53. The molecule has 0 radical (unpaired) electrons. The predicted octanol–water partition coefficient (Wildman–Crippen LogP) is 5.33. The van der Waals surface area contributed by atoms with Crippen LogP contribution >= 0.6 is 15.9 Å². The lowest BCUT2D eigenvalue weighted by molar-refractivity contribution is 1.52. The molecule has 0 saturated carbocycles. The fourth-order valence-electron chi connectivity index (χ4n) is 2.69. The van der Waals surface area contributed by atoms with Crippen LogP contribution in [0.5, 0.6) is 0 Å². The average molecular weight is 296 g/mol. The van der Waals surface area contributed by atoms with Gasteiger partial charge < -0.3 is 5.32 Å². The molecule has 0 aliphatic carbocycles. The van der Waals surface area contributed by atoms with Gasteiger partial charge in [0, 0.05) is 26.8 Å². The number of fused-ring (bicyclic) bond motifs is 2. The summed E-state index contributed by atoms with van der Waals surface area (Å²) in [5.74, 6) is 0. The van der Waals surface area contributed by atoms with Gasteiger partial charge in [0.05, 0.1) is 0 Å². The Morgan fingerprint density at radius 3 is 2.56 bits per heavy atom. The lowest BCUT2D eigenvalue weighted by Crippen LogP contribution is -2.00. The Morgan fingerprint density at radius 2 is 1.61 bits per heavy atom. The summed E-state index contributed by atoms with van der Waals surface area (Å²) in [6.07, 6.45) is 0. The predicted molar refractivity (Wildman–Crippen MR) is 80.4 cm³/mol. The number of hydrogen-bond donors (Lipinski definition) is 1. The van der Waals surface area contributed by atoms with E-state index >= 15 is 0 Å². The molecule has 0 aromatic heterocycles. The molecule has 1 aliphatic rings. The molecule has 3 aromatic carbocycles. The Labute approximate surface area is 114 Å². The van der Waals surface area contributed by atoms with E-state index in [1.54, 1.807) is 0 Å². The van der Waals surface area contributed by atoms with Gasteiger partial charge in [-0.3, -0.25) is 0 Å². The number of nitrogens with one attached hydrogen (secondary N) is 1. The topological polar surface area (TPSA) is 12.0 Å². The van der Waals surface area contributed by atoms with E-state index in [-0.39, 0.29) is 0 Å². The van der Waals surface area contributed by atoms with Gasteiger partial charge in [-0.1, -0.05) is 52.3 Å². The first-order valence-electron chi connectivity index (χ1n) is 5.92. The summed E-state index contributed by atoms with van der Waals surface area (Å²) < 4.78 is 1.11. The highest BCUT2D eigenvalue weighted by Crippen LogP contribution is 2.44. The van der Waals surface area contributed by atoms with E-state index in [4.69, 9.17) is 0 Å². The van der Waals surface area contributed by atoms with E-state index in [2.05, 4.69) is 75.8 Å². The van der Waals surface area contributed by atoms with Gasteiger partial charge in [-0.2, -0.15) is 0 Å². The van der Waals surface area contributed by atoms with Crippen LogP contribution in [0.4, 0.5) is 11.4 Å². The molecule has 86 valence electrons. The molecule has 1 nitrogen and oxygen atoms in total. The molecule has 0 bridgehead atoms. The third-order valence-electron chi connectivity index (χ3n) is 3.43. The Balaban J connectivity index is 2.20. The first kappa shape index (κ1) is 10.2. The van der Waals surface area contributed by atoms with E-state index < -0.39 is 0 Å². The number of hydrogen-bond acceptors (Lipinski definition) is 1. The summed E-state index contributed by atoms with van der Waals surface area (Å²) >= 11 is 3.57. The van der Waals surface area contributed by atoms with Crippen LogP contribution in [0.1, 0.15) is 0 Å². The number of benzene rings is 3. The van der Waals surface area contributed by atoms with Crippen LogP contribution < -0.4 is 5.32 Å². The number of anilines is 2. The molecule has 0 unspecified atom stereocenters. The van der Waals surface area contributed by atoms with E-state index in [0.29, 0.717) is 0 Å². The van der Waals surface area contributed by atoms with Crippen LogP contribution in [0.25, 0.3) is 21.9 Å². The summed E-state index contributed by atoms with van der Waals surface area (Å²) in [5, 5.41) is 6.08. The maximum Gasteiger partial charge on any atom is 0.0481 e. The Hall–Kier alpha value is -1.80. The zero-order chi connectivity index (χ0) is 12.1. The van der Waals surface area contributed by atoms with Crippen molar-refractivity contribution in [3.05, 3.63) is 59.1 Å². The number of para-hydroxylation sites is 1. The van der Waals surface area contributed by atoms with E-state index in [0.717, 1.165) is 4.47 Å². The van der Waals surface area contributed by atoms with Gasteiger partial charge in [0.2, 0.25) is 0 Å². The first-order valence-corrected chi connectivity index (χ1v) is 6.71. The van der Waals surface area contributed by atoms with Crippen LogP contribution in [-0.2, 0) is 0 Å². The van der Waals surface area contributed by atoms with Crippen molar-refractivity contribution in [3.63, 3.8) is 0 Å². The molecule has 1 heterocycles. The van der Waals surface area contributed by atoms with E-state index in [1.807, 2.05) is 0 Å². The van der Waals surface area contributed by atoms with Gasteiger partial charge in [0.15, 0.2) is 0 Å². The third-order valence-corrected chi connectivity index (χ3v) is 3.89. The van der Waals surface area contributed by atoms with Crippen LogP contribution in [0.15, 0.2) is 59.1 Å². The normalized spacial score (nSPS) is 12.1. The van der Waals surface area contributed by atoms with Crippen molar-refractivity contribution in [3.8, 4) is 11.1 Å². The quantitative estimate of drug-likeness (QED) is 0.462. The summed E-state index contributed by atoms with van der Waals surface area (Å²) in [4.78, 5) is 0. The molecule has 0 saturated heterocycles. The summed E-state index contributed by atoms with van der Waals surface area (Å²) in [6.45, 7) is 0. The lowest BCUT2D eigenvalue weighted by atomic mass is 9.93. The van der Waals surface area contributed by atoms with Crippen molar-refractivity contribution in [1.29, 1.82) is 0 Å². The van der Waals surface area contributed by atoms with Crippen molar-refractivity contribution in [2.45, 2.75) is 0 Å². The van der Waals surface area contributed by atoms with E-state index in [9.17, 15) is 0 Å². The van der Waals surface area contributed by atoms with Crippen molar-refractivity contribution in [2.24, 2.45) is 0 Å². The maximum atomic E-state index is 3.57. The molecule has 0 atom stereocenters. The van der Waals surface area contributed by atoms with Gasteiger partial charge >= 0.3 is 0 Å². The highest BCUT2D eigenvalue weighted by molar-refractivity contribution is 9.10. The molecule has 0 fully saturated rings. The average Bonchev–Trinajstić information content (AvgIpc) is 2.38. The van der Waals surface area contributed by atoms with Gasteiger partial charge in [-0.25, -0.2) is 0 Å². The monoisotopic (exact) mass is 295 g/mol.